The van der Waals surface area contributed by atoms with Crippen LogP contribution in [-0.4, -0.2) is 119 Å². The third-order valence-electron chi connectivity index (χ3n) is 4.05. The zero-order valence-electron chi connectivity index (χ0n) is 17.3. The number of carboxylic acid groups (broad SMARTS) is 1. The maximum atomic E-state index is 11.9. The molecule has 0 aromatic rings. The highest BCUT2D eigenvalue weighted by Gasteiger charge is 2.45. The molecule has 0 spiro atoms. The van der Waals surface area contributed by atoms with E-state index in [9.17, 15) is 30.0 Å². The number of methoxy groups -OCH3 is 1. The molecule has 0 aliphatic rings. The highest BCUT2D eigenvalue weighted by molar-refractivity contribution is 5.75. The van der Waals surface area contributed by atoms with Crippen LogP contribution in [0, 0.1) is 0 Å². The van der Waals surface area contributed by atoms with Gasteiger partial charge in [0.1, 0.15) is 24.4 Å². The second kappa shape index (κ2) is 14.6. The summed E-state index contributed by atoms with van der Waals surface area (Å²) < 4.78 is 20.7. The van der Waals surface area contributed by atoms with Crippen molar-refractivity contribution >= 4 is 11.9 Å². The highest BCUT2D eigenvalue weighted by atomic mass is 16.7. The fourth-order valence-corrected chi connectivity index (χ4v) is 2.36. The van der Waals surface area contributed by atoms with Gasteiger partial charge in [-0.15, -0.1) is 0 Å². The van der Waals surface area contributed by atoms with Gasteiger partial charge in [0.25, 0.3) is 5.79 Å². The summed E-state index contributed by atoms with van der Waals surface area (Å²) in [7, 11) is 1.22. The van der Waals surface area contributed by atoms with Crippen LogP contribution < -0.4 is 5.32 Å². The molecule has 7 N–H and O–H groups in total. The van der Waals surface area contributed by atoms with Crippen LogP contribution in [0.2, 0.25) is 0 Å². The Morgan fingerprint density at radius 2 is 1.77 bits per heavy atom. The van der Waals surface area contributed by atoms with Crippen molar-refractivity contribution in [2.75, 3.05) is 40.1 Å². The third kappa shape index (κ3) is 9.16. The summed E-state index contributed by atoms with van der Waals surface area (Å²) in [5.74, 6) is -4.48. The molecule has 30 heavy (non-hydrogen) atoms. The van der Waals surface area contributed by atoms with Crippen LogP contribution >= 0.6 is 0 Å². The number of carbonyl (C=O) groups excluding carboxylic acids is 1. The van der Waals surface area contributed by atoms with Crippen LogP contribution in [0.1, 0.15) is 20.3 Å². The first kappa shape index (κ1) is 28.6. The largest absolute Gasteiger partial charge is 0.477 e. The SMILES string of the molecule is CC[C@@](OCC(O)[C@H](OC)OCCO)(OC(CNC(C)=O)[C@H](O)[C@H](O)CO)C(=O)O. The summed E-state index contributed by atoms with van der Waals surface area (Å²) in [5, 5.41) is 59.9. The maximum Gasteiger partial charge on any atom is 0.364 e. The Bertz CT molecular complexity index is 507. The lowest BCUT2D eigenvalue weighted by atomic mass is 10.1. The number of aliphatic hydroxyl groups excluding tert-OH is 5. The van der Waals surface area contributed by atoms with E-state index in [1.807, 2.05) is 0 Å². The molecule has 0 heterocycles. The van der Waals surface area contributed by atoms with E-state index in [0.29, 0.717) is 0 Å². The molecule has 0 saturated carbocycles. The van der Waals surface area contributed by atoms with Crippen LogP contribution in [0.15, 0.2) is 0 Å². The van der Waals surface area contributed by atoms with Crippen LogP contribution in [0.5, 0.6) is 0 Å². The quantitative estimate of drug-likeness (QED) is 0.111. The molecule has 0 fully saturated rings. The second-order valence-corrected chi connectivity index (χ2v) is 6.32. The predicted octanol–water partition coefficient (Wildman–Crippen LogP) is -3.23. The van der Waals surface area contributed by atoms with Gasteiger partial charge in [-0.1, -0.05) is 6.92 Å². The standard InChI is InChI=1S/C17H33NO12/c1-4-17(16(25)26,29-9-12(23)15(27-3)28-6-5-19)30-13(7-18-10(2)21)14(24)11(22)8-20/h11-15,19-20,22-24H,4-9H2,1-3H3,(H,18,21)(H,25,26)/t11-,12?,13?,14-,15-,17-/m1/s1. The van der Waals surface area contributed by atoms with E-state index in [-0.39, 0.29) is 19.6 Å². The number of carbonyl (C=O) groups is 2. The molecule has 178 valence electrons. The molecule has 1 amide bonds. The Balaban J connectivity index is 5.47. The van der Waals surface area contributed by atoms with Gasteiger partial charge in [-0.3, -0.25) is 4.79 Å². The Hall–Kier alpha value is -1.42. The van der Waals surface area contributed by atoms with Gasteiger partial charge < -0.3 is 54.9 Å². The Morgan fingerprint density at radius 3 is 2.20 bits per heavy atom. The molecular formula is C17H33NO12. The summed E-state index contributed by atoms with van der Waals surface area (Å²) in [6.07, 6.45) is -7.90. The summed E-state index contributed by atoms with van der Waals surface area (Å²) in [5.41, 5.74) is 0. The third-order valence-corrected chi connectivity index (χ3v) is 4.05. The lowest BCUT2D eigenvalue weighted by Gasteiger charge is -2.36. The van der Waals surface area contributed by atoms with Gasteiger partial charge in [-0.05, 0) is 0 Å². The number of carboxylic acids is 1. The van der Waals surface area contributed by atoms with E-state index in [2.05, 4.69) is 5.32 Å². The average molecular weight is 443 g/mol. The molecule has 0 aromatic carbocycles. The normalized spacial score (nSPS) is 18.7. The smallest absolute Gasteiger partial charge is 0.364 e. The Labute approximate surface area is 174 Å². The lowest BCUT2D eigenvalue weighted by Crippen LogP contribution is -2.55. The average Bonchev–Trinajstić information content (AvgIpc) is 2.72. The van der Waals surface area contributed by atoms with Crippen molar-refractivity contribution in [2.24, 2.45) is 0 Å². The van der Waals surface area contributed by atoms with Gasteiger partial charge in [0.15, 0.2) is 6.29 Å². The van der Waals surface area contributed by atoms with Crippen molar-refractivity contribution in [1.82, 2.24) is 5.32 Å². The fourth-order valence-electron chi connectivity index (χ4n) is 2.36. The van der Waals surface area contributed by atoms with E-state index in [0.717, 1.165) is 0 Å². The van der Waals surface area contributed by atoms with Gasteiger partial charge >= 0.3 is 5.97 Å². The van der Waals surface area contributed by atoms with E-state index in [4.69, 9.17) is 29.2 Å². The number of nitrogens with one attached hydrogen (secondary N) is 1. The van der Waals surface area contributed by atoms with Crippen LogP contribution in [-0.2, 0) is 28.5 Å². The van der Waals surface area contributed by atoms with Gasteiger partial charge in [-0.2, -0.15) is 0 Å². The number of aliphatic carboxylic acids is 1. The minimum absolute atomic E-state index is 0.145. The second-order valence-electron chi connectivity index (χ2n) is 6.32. The maximum absolute atomic E-state index is 11.9. The number of ether oxygens (including phenoxy) is 4. The highest BCUT2D eigenvalue weighted by Crippen LogP contribution is 2.24. The number of hydrogen-bond donors (Lipinski definition) is 7. The molecule has 0 aromatic heterocycles. The first-order chi connectivity index (χ1) is 14.1. The van der Waals surface area contributed by atoms with Crippen molar-refractivity contribution in [3.8, 4) is 0 Å². The van der Waals surface area contributed by atoms with Crippen molar-refractivity contribution in [3.05, 3.63) is 0 Å². The predicted molar refractivity (Wildman–Crippen MR) is 99.1 cm³/mol. The van der Waals surface area contributed by atoms with Crippen molar-refractivity contribution in [3.63, 3.8) is 0 Å². The lowest BCUT2D eigenvalue weighted by molar-refractivity contribution is -0.290. The zero-order valence-corrected chi connectivity index (χ0v) is 17.3. The minimum atomic E-state index is -2.38. The van der Waals surface area contributed by atoms with Crippen molar-refractivity contribution < 1.29 is 59.2 Å². The van der Waals surface area contributed by atoms with Crippen LogP contribution in [0.3, 0.4) is 0 Å². The summed E-state index contributed by atoms with van der Waals surface area (Å²) >= 11 is 0. The van der Waals surface area contributed by atoms with Crippen molar-refractivity contribution in [2.45, 2.75) is 56.8 Å². The molecule has 0 radical (unpaired) electrons. The van der Waals surface area contributed by atoms with E-state index in [1.54, 1.807) is 0 Å². The molecule has 13 nitrogen and oxygen atoms in total. The van der Waals surface area contributed by atoms with Crippen LogP contribution in [0.25, 0.3) is 0 Å². The van der Waals surface area contributed by atoms with E-state index < -0.39 is 68.1 Å². The summed E-state index contributed by atoms with van der Waals surface area (Å²) in [6.45, 7) is 0.241. The first-order valence-electron chi connectivity index (χ1n) is 9.28. The molecule has 0 aliphatic carbocycles. The Kier molecular flexibility index (Phi) is 13.9. The molecule has 13 heteroatoms. The number of hydrogen-bond acceptors (Lipinski definition) is 11. The van der Waals surface area contributed by atoms with Gasteiger partial charge in [0.05, 0.1) is 26.4 Å². The number of amides is 1. The molecule has 0 aliphatic heterocycles. The molecule has 2 unspecified atom stereocenters. The van der Waals surface area contributed by atoms with Crippen LogP contribution in [0.4, 0.5) is 0 Å². The zero-order chi connectivity index (χ0) is 23.3. The molecule has 6 atom stereocenters. The number of rotatable bonds is 17. The summed E-state index contributed by atoms with van der Waals surface area (Å²) in [6, 6.07) is 0. The molecule has 0 saturated heterocycles. The van der Waals surface area contributed by atoms with Gasteiger partial charge in [-0.25, -0.2) is 4.79 Å². The van der Waals surface area contributed by atoms with Crippen molar-refractivity contribution in [1.29, 1.82) is 0 Å². The van der Waals surface area contributed by atoms with Gasteiger partial charge in [0.2, 0.25) is 5.91 Å². The minimum Gasteiger partial charge on any atom is -0.477 e. The number of aliphatic hydroxyl groups is 5. The monoisotopic (exact) mass is 443 g/mol. The van der Waals surface area contributed by atoms with E-state index in [1.165, 1.54) is 21.0 Å². The molecule has 0 rings (SSSR count). The summed E-state index contributed by atoms with van der Waals surface area (Å²) in [4.78, 5) is 23.1. The Morgan fingerprint density at radius 1 is 1.13 bits per heavy atom. The van der Waals surface area contributed by atoms with E-state index >= 15 is 0 Å². The topological polar surface area (TPSA) is 204 Å². The first-order valence-corrected chi connectivity index (χ1v) is 9.28. The molecule has 0 bridgehead atoms. The fraction of sp³-hybridized carbons (Fsp3) is 0.882. The molecular weight excluding hydrogens is 410 g/mol. The van der Waals surface area contributed by atoms with Gasteiger partial charge in [0, 0.05) is 27.0 Å².